The minimum atomic E-state index is -3.44. The number of aromatic nitrogens is 4. The second-order valence-corrected chi connectivity index (χ2v) is 10.9. The Morgan fingerprint density at radius 2 is 2.00 bits per heavy atom. The fourth-order valence-corrected chi connectivity index (χ4v) is 5.45. The fourth-order valence-electron chi connectivity index (χ4n) is 3.55. The van der Waals surface area contributed by atoms with E-state index in [-0.39, 0.29) is 63.1 Å². The first-order valence-corrected chi connectivity index (χ1v) is 14.4. The number of anilines is 1. The molecule has 3 rings (SSSR count). The number of hydrogen-bond donors (Lipinski definition) is 4. The van der Waals surface area contributed by atoms with Gasteiger partial charge in [-0.05, 0) is 25.8 Å². The summed E-state index contributed by atoms with van der Waals surface area (Å²) in [7, 11) is -3.44. The highest BCUT2D eigenvalue weighted by Gasteiger charge is 2.28. The van der Waals surface area contributed by atoms with Crippen LogP contribution in [0.3, 0.4) is 0 Å². The molecule has 0 spiro atoms. The van der Waals surface area contributed by atoms with E-state index in [0.717, 1.165) is 5.56 Å². The number of imidazole rings is 1. The van der Waals surface area contributed by atoms with Gasteiger partial charge >= 0.3 is 11.9 Å². The zero-order chi connectivity index (χ0) is 28.3. The molecule has 0 radical (unpaired) electrons. The third kappa shape index (κ3) is 9.29. The molecule has 2 atom stereocenters. The number of hydrogen-bond acceptors (Lipinski definition) is 10. The quantitative estimate of drug-likeness (QED) is 0.112. The maximum absolute atomic E-state index is 13.6. The summed E-state index contributed by atoms with van der Waals surface area (Å²) in [5.74, 6) is -0.965. The summed E-state index contributed by atoms with van der Waals surface area (Å²) >= 11 is 0. The smallest absolute Gasteiger partial charge is 0.323 e. The molecular formula is C24H34N7O7P. The molecule has 0 saturated heterocycles. The molecule has 0 fully saturated rings. The Balaban J connectivity index is 1.51. The maximum atomic E-state index is 13.6. The Morgan fingerprint density at radius 3 is 2.74 bits per heavy atom. The molecule has 0 aliphatic heterocycles. The van der Waals surface area contributed by atoms with Crippen LogP contribution in [0.4, 0.5) is 5.95 Å². The lowest BCUT2D eigenvalue weighted by molar-refractivity contribution is -0.145. The van der Waals surface area contributed by atoms with Crippen molar-refractivity contribution >= 4 is 36.5 Å². The molecule has 1 aromatic carbocycles. The van der Waals surface area contributed by atoms with Crippen molar-refractivity contribution in [2.24, 2.45) is 0 Å². The van der Waals surface area contributed by atoms with Crippen LogP contribution in [-0.2, 0) is 41.5 Å². The Morgan fingerprint density at radius 1 is 1.23 bits per heavy atom. The van der Waals surface area contributed by atoms with E-state index in [2.05, 4.69) is 25.1 Å². The number of esters is 2. The van der Waals surface area contributed by atoms with Gasteiger partial charge in [-0.2, -0.15) is 4.98 Å². The highest BCUT2D eigenvalue weighted by atomic mass is 31.2. The number of benzene rings is 1. The van der Waals surface area contributed by atoms with Gasteiger partial charge in [0, 0.05) is 19.5 Å². The van der Waals surface area contributed by atoms with Gasteiger partial charge in [0.05, 0.1) is 19.5 Å². The van der Waals surface area contributed by atoms with Crippen LogP contribution in [-0.4, -0.2) is 63.6 Å². The van der Waals surface area contributed by atoms with E-state index in [1.54, 1.807) is 18.4 Å². The van der Waals surface area contributed by atoms with Crippen molar-refractivity contribution in [2.45, 2.75) is 45.9 Å². The van der Waals surface area contributed by atoms with Gasteiger partial charge in [0.1, 0.15) is 19.0 Å². The lowest BCUT2D eigenvalue weighted by atomic mass is 10.2. The van der Waals surface area contributed by atoms with E-state index in [1.807, 2.05) is 30.3 Å². The molecule has 0 aliphatic rings. The number of fused-ring (bicyclic) bond motifs is 1. The van der Waals surface area contributed by atoms with E-state index in [1.165, 1.54) is 6.33 Å². The van der Waals surface area contributed by atoms with Crippen LogP contribution in [0, 0.1) is 0 Å². The summed E-state index contributed by atoms with van der Waals surface area (Å²) in [6.07, 6.45) is 1.66. The average molecular weight is 564 g/mol. The largest absolute Gasteiger partial charge is 0.465 e. The molecule has 5 N–H and O–H groups in total. The predicted octanol–water partition coefficient (Wildman–Crippen LogP) is 1.52. The molecule has 15 heteroatoms. The van der Waals surface area contributed by atoms with Crippen LogP contribution in [0.2, 0.25) is 0 Å². The highest BCUT2D eigenvalue weighted by Crippen LogP contribution is 2.36. The lowest BCUT2D eigenvalue weighted by Gasteiger charge is -2.24. The summed E-state index contributed by atoms with van der Waals surface area (Å²) < 4.78 is 31.1. The van der Waals surface area contributed by atoms with Crippen molar-refractivity contribution in [3.05, 3.63) is 52.6 Å². The molecule has 39 heavy (non-hydrogen) atoms. The first-order chi connectivity index (χ1) is 18.7. The van der Waals surface area contributed by atoms with Crippen molar-refractivity contribution in [3.8, 4) is 0 Å². The third-order valence-electron chi connectivity index (χ3n) is 5.45. The molecule has 1 unspecified atom stereocenters. The van der Waals surface area contributed by atoms with E-state index >= 15 is 0 Å². The summed E-state index contributed by atoms with van der Waals surface area (Å²) in [5, 5.41) is 5.69. The third-order valence-corrected chi connectivity index (χ3v) is 7.54. The first kappa shape index (κ1) is 30.0. The number of nitrogen functional groups attached to an aromatic ring is 1. The number of nitrogens with one attached hydrogen (secondary N) is 3. The number of carbonyl (C=O) groups is 2. The number of carbonyl (C=O) groups excluding carboxylic acids is 2. The van der Waals surface area contributed by atoms with Crippen LogP contribution in [0.5, 0.6) is 0 Å². The van der Waals surface area contributed by atoms with Gasteiger partial charge in [-0.25, -0.2) is 10.1 Å². The average Bonchev–Trinajstić information content (AvgIpc) is 3.31. The molecule has 2 heterocycles. The normalized spacial score (nSPS) is 13.6. The summed E-state index contributed by atoms with van der Waals surface area (Å²) in [5.41, 5.74) is 6.50. The highest BCUT2D eigenvalue weighted by molar-refractivity contribution is 7.59. The molecular weight excluding hydrogens is 529 g/mol. The Kier molecular flexibility index (Phi) is 11.2. The maximum Gasteiger partial charge on any atom is 0.323 e. The summed E-state index contributed by atoms with van der Waals surface area (Å²) in [6.45, 7) is 4.16. The van der Waals surface area contributed by atoms with Gasteiger partial charge in [0.25, 0.3) is 5.56 Å². The standard InChI is InChI=1S/C24H34N7O7P/c1-3-37-23(34)17(2)30-39(35,27-11-7-10-19(32)38-14-18-8-5-4-6-9-18)16-36-13-12-31-15-26-20-21(31)28-24(25)29-22(20)33/h4-6,8-9,15,17H,3,7,10-14,16H2,1-2H3,(H2,27,30,35)(H3,25,28,29,33)/t17-,39?/m0/s1. The summed E-state index contributed by atoms with van der Waals surface area (Å²) in [6, 6.07) is 8.47. The minimum Gasteiger partial charge on any atom is -0.465 e. The van der Waals surface area contributed by atoms with Gasteiger partial charge in [-0.15, -0.1) is 0 Å². The Labute approximate surface area is 225 Å². The molecule has 0 aliphatic carbocycles. The van der Waals surface area contributed by atoms with Crippen molar-refractivity contribution in [1.82, 2.24) is 29.7 Å². The molecule has 0 saturated carbocycles. The number of nitrogens with zero attached hydrogens (tertiary/aromatic N) is 3. The van der Waals surface area contributed by atoms with Gasteiger partial charge < -0.3 is 24.5 Å². The lowest BCUT2D eigenvalue weighted by Crippen LogP contribution is -2.38. The number of rotatable bonds is 16. The van der Waals surface area contributed by atoms with Crippen LogP contribution in [0.25, 0.3) is 11.2 Å². The molecule has 2 aromatic heterocycles. The van der Waals surface area contributed by atoms with Crippen LogP contribution in [0.15, 0.2) is 41.5 Å². The molecule has 0 amide bonds. The minimum absolute atomic E-state index is 0.0371. The zero-order valence-electron chi connectivity index (χ0n) is 21.9. The second kappa shape index (κ2) is 14.5. The van der Waals surface area contributed by atoms with Gasteiger partial charge in [0.2, 0.25) is 13.4 Å². The summed E-state index contributed by atoms with van der Waals surface area (Å²) in [4.78, 5) is 46.6. The van der Waals surface area contributed by atoms with Crippen molar-refractivity contribution in [2.75, 3.05) is 31.8 Å². The fraction of sp³-hybridized carbons (Fsp3) is 0.458. The van der Waals surface area contributed by atoms with E-state index < -0.39 is 25.0 Å². The number of aromatic amines is 1. The van der Waals surface area contributed by atoms with Crippen molar-refractivity contribution in [3.63, 3.8) is 0 Å². The van der Waals surface area contributed by atoms with E-state index in [9.17, 15) is 18.9 Å². The predicted molar refractivity (Wildman–Crippen MR) is 144 cm³/mol. The molecule has 14 nitrogen and oxygen atoms in total. The van der Waals surface area contributed by atoms with Crippen LogP contribution in [0.1, 0.15) is 32.3 Å². The zero-order valence-corrected chi connectivity index (χ0v) is 22.8. The van der Waals surface area contributed by atoms with Gasteiger partial charge in [-0.1, -0.05) is 30.3 Å². The van der Waals surface area contributed by atoms with Crippen molar-refractivity contribution in [1.29, 1.82) is 0 Å². The van der Waals surface area contributed by atoms with E-state index in [4.69, 9.17) is 19.9 Å². The van der Waals surface area contributed by atoms with Crippen molar-refractivity contribution < 1.29 is 28.4 Å². The first-order valence-electron chi connectivity index (χ1n) is 12.5. The van der Waals surface area contributed by atoms with Gasteiger partial charge in [-0.3, -0.25) is 29.0 Å². The monoisotopic (exact) mass is 563 g/mol. The molecule has 212 valence electrons. The Hall–Kier alpha value is -3.58. The topological polar surface area (TPSA) is 193 Å². The number of ether oxygens (including phenoxy) is 3. The van der Waals surface area contributed by atoms with Gasteiger partial charge in [0.15, 0.2) is 11.2 Å². The number of nitrogens with two attached hydrogens (primary N) is 1. The van der Waals surface area contributed by atoms with Crippen LogP contribution < -0.4 is 21.5 Å². The van der Waals surface area contributed by atoms with E-state index in [0.29, 0.717) is 12.1 Å². The SMILES string of the molecule is CCOC(=O)[C@H](C)NP(=O)(COCCn1cnc2c(=O)[nH]c(N)nc21)NCCCC(=O)OCc1ccccc1. The van der Waals surface area contributed by atoms with Crippen LogP contribution >= 0.6 is 7.44 Å². The molecule has 3 aromatic rings. The second-order valence-electron chi connectivity index (χ2n) is 8.60. The number of H-pyrrole nitrogens is 1. The molecule has 0 bridgehead atoms. The Bertz CT molecular complexity index is 1350.